The van der Waals surface area contributed by atoms with Crippen LogP contribution in [0.25, 0.3) is 0 Å². The van der Waals surface area contributed by atoms with Crippen LogP contribution in [0.1, 0.15) is 73.9 Å². The number of unbranched alkanes of at least 4 members (excludes halogenated alkanes) is 5. The van der Waals surface area contributed by atoms with Gasteiger partial charge in [-0.3, -0.25) is 0 Å². The van der Waals surface area contributed by atoms with Gasteiger partial charge in [0, 0.05) is 0 Å². The Morgan fingerprint density at radius 3 is 2.30 bits per heavy atom. The summed E-state index contributed by atoms with van der Waals surface area (Å²) in [6.45, 7) is 3.97. The average molecular weight is 454 g/mol. The van der Waals surface area contributed by atoms with E-state index in [0.29, 0.717) is 5.56 Å². The first-order valence-corrected chi connectivity index (χ1v) is 11.6. The molecule has 0 saturated heterocycles. The molecule has 0 heterocycles. The van der Waals surface area contributed by atoms with Crippen molar-refractivity contribution in [3.8, 4) is 0 Å². The summed E-state index contributed by atoms with van der Waals surface area (Å²) in [6.07, 6.45) is 7.86. The highest BCUT2D eigenvalue weighted by Crippen LogP contribution is 2.12. The first-order valence-electron chi connectivity index (χ1n) is 11.6. The van der Waals surface area contributed by atoms with Gasteiger partial charge >= 0.3 is 12.1 Å². The molecule has 0 aliphatic rings. The predicted octanol–water partition coefficient (Wildman–Crippen LogP) is 5.33. The van der Waals surface area contributed by atoms with Crippen molar-refractivity contribution in [1.82, 2.24) is 5.32 Å². The van der Waals surface area contributed by atoms with Crippen LogP contribution in [0.15, 0.2) is 59.8 Å². The Hall–Kier alpha value is -3.35. The maximum atomic E-state index is 12.2. The van der Waals surface area contributed by atoms with Gasteiger partial charge in [-0.05, 0) is 43.0 Å². The summed E-state index contributed by atoms with van der Waals surface area (Å²) < 4.78 is 5.14. The summed E-state index contributed by atoms with van der Waals surface area (Å²) in [5.41, 5.74) is 8.27. The van der Waals surface area contributed by atoms with Crippen LogP contribution in [-0.4, -0.2) is 23.9 Å². The highest BCUT2D eigenvalue weighted by molar-refractivity contribution is 5.92. The highest BCUT2D eigenvalue weighted by Gasteiger charge is 2.14. The number of carbonyl (C=O) groups is 2. The lowest BCUT2D eigenvalue weighted by Crippen LogP contribution is -2.42. The van der Waals surface area contributed by atoms with Gasteiger partial charge in [-0.15, -0.1) is 0 Å². The van der Waals surface area contributed by atoms with Crippen LogP contribution in [0.4, 0.5) is 4.79 Å². The number of amidine groups is 1. The van der Waals surface area contributed by atoms with E-state index in [9.17, 15) is 9.59 Å². The van der Waals surface area contributed by atoms with Gasteiger partial charge in [0.2, 0.25) is 0 Å². The fourth-order valence-electron chi connectivity index (χ4n) is 3.16. The summed E-state index contributed by atoms with van der Waals surface area (Å²) >= 11 is 0. The third-order valence-corrected chi connectivity index (χ3v) is 5.23. The zero-order chi connectivity index (χ0) is 23.9. The van der Waals surface area contributed by atoms with Crippen molar-refractivity contribution in [2.24, 2.45) is 10.9 Å². The second-order valence-corrected chi connectivity index (χ2v) is 8.04. The standard InChI is InChI=1S/C26H35N3O4/c1-3-4-5-6-7-9-12-21-15-17-23(18-16-21)25(30)33-29-24(27)20(2)28-26(31)32-19-22-13-10-8-11-14-22/h8,10-11,13-18,20H,3-7,9,12,19H2,1-2H3,(H2,27,29)(H,28,31)/t20-/m1/s1. The Morgan fingerprint density at radius 2 is 1.61 bits per heavy atom. The Labute approximate surface area is 196 Å². The number of alkyl carbamates (subject to hydrolysis) is 1. The number of nitrogens with two attached hydrogens (primary N) is 1. The number of nitrogens with zero attached hydrogens (tertiary/aromatic N) is 1. The summed E-state index contributed by atoms with van der Waals surface area (Å²) in [6, 6.07) is 16.0. The van der Waals surface area contributed by atoms with Crippen LogP contribution in [0, 0.1) is 0 Å². The van der Waals surface area contributed by atoms with Crippen molar-refractivity contribution >= 4 is 17.9 Å². The summed E-state index contributed by atoms with van der Waals surface area (Å²) in [5.74, 6) is -0.650. The SMILES string of the molecule is CCCCCCCCc1ccc(C(=O)O/N=C(\N)[C@@H](C)NC(=O)OCc2ccccc2)cc1. The second kappa shape index (κ2) is 14.7. The predicted molar refractivity (Wildman–Crippen MR) is 130 cm³/mol. The number of oxime groups is 1. The van der Waals surface area contributed by atoms with Crippen LogP contribution in [0.2, 0.25) is 0 Å². The number of nitrogens with one attached hydrogen (secondary N) is 1. The van der Waals surface area contributed by atoms with Gasteiger partial charge in [-0.2, -0.15) is 0 Å². The Bertz CT molecular complexity index is 882. The zero-order valence-electron chi connectivity index (χ0n) is 19.6. The Morgan fingerprint density at radius 1 is 0.939 bits per heavy atom. The minimum atomic E-state index is -0.666. The molecule has 0 spiro atoms. The Kier molecular flexibility index (Phi) is 11.5. The molecule has 2 rings (SSSR count). The number of ether oxygens (including phenoxy) is 1. The molecule has 178 valence electrons. The number of carbonyl (C=O) groups excluding carboxylic acids is 2. The number of amides is 1. The minimum absolute atomic E-state index is 0.0419. The van der Waals surface area contributed by atoms with E-state index in [4.69, 9.17) is 15.3 Å². The lowest BCUT2D eigenvalue weighted by Gasteiger charge is -2.13. The molecule has 0 bridgehead atoms. The molecule has 1 atom stereocenters. The smallest absolute Gasteiger partial charge is 0.408 e. The van der Waals surface area contributed by atoms with Gasteiger partial charge in [0.05, 0.1) is 11.6 Å². The quantitative estimate of drug-likeness (QED) is 0.140. The van der Waals surface area contributed by atoms with E-state index >= 15 is 0 Å². The number of hydrogen-bond acceptors (Lipinski definition) is 5. The average Bonchev–Trinajstić information content (AvgIpc) is 2.84. The molecule has 1 amide bonds. The summed E-state index contributed by atoms with van der Waals surface area (Å²) in [4.78, 5) is 29.1. The van der Waals surface area contributed by atoms with E-state index in [0.717, 1.165) is 18.4 Å². The third kappa shape index (κ3) is 10.2. The van der Waals surface area contributed by atoms with Crippen molar-refractivity contribution < 1.29 is 19.2 Å². The second-order valence-electron chi connectivity index (χ2n) is 8.04. The van der Waals surface area contributed by atoms with Crippen LogP contribution in [0.5, 0.6) is 0 Å². The van der Waals surface area contributed by atoms with Crippen LogP contribution < -0.4 is 11.1 Å². The van der Waals surface area contributed by atoms with Gasteiger partial charge in [-0.25, -0.2) is 9.59 Å². The van der Waals surface area contributed by atoms with Gasteiger partial charge < -0.3 is 20.6 Å². The molecule has 0 aliphatic heterocycles. The molecule has 7 heteroatoms. The number of aryl methyl sites for hydroxylation is 1. The summed E-state index contributed by atoms with van der Waals surface area (Å²) in [5, 5.41) is 6.20. The van der Waals surface area contributed by atoms with Gasteiger partial charge in [0.1, 0.15) is 6.61 Å². The fourth-order valence-corrected chi connectivity index (χ4v) is 3.16. The lowest BCUT2D eigenvalue weighted by molar-refractivity contribution is 0.0514. The maximum Gasteiger partial charge on any atom is 0.408 e. The van der Waals surface area contributed by atoms with E-state index in [1.165, 1.54) is 37.7 Å². The first kappa shape index (κ1) is 25.9. The molecule has 0 aromatic heterocycles. The van der Waals surface area contributed by atoms with Crippen molar-refractivity contribution in [2.45, 2.75) is 71.4 Å². The molecule has 0 fully saturated rings. The molecule has 0 unspecified atom stereocenters. The van der Waals surface area contributed by atoms with Crippen molar-refractivity contribution in [1.29, 1.82) is 0 Å². The van der Waals surface area contributed by atoms with E-state index in [-0.39, 0.29) is 12.4 Å². The van der Waals surface area contributed by atoms with E-state index < -0.39 is 18.1 Å². The normalized spacial score (nSPS) is 12.1. The number of benzene rings is 2. The zero-order valence-corrected chi connectivity index (χ0v) is 19.6. The van der Waals surface area contributed by atoms with E-state index in [1.54, 1.807) is 19.1 Å². The van der Waals surface area contributed by atoms with Crippen LogP contribution in [0.3, 0.4) is 0 Å². The topological polar surface area (TPSA) is 103 Å². The summed E-state index contributed by atoms with van der Waals surface area (Å²) in [7, 11) is 0. The van der Waals surface area contributed by atoms with Crippen molar-refractivity contribution in [2.75, 3.05) is 0 Å². The molecule has 33 heavy (non-hydrogen) atoms. The highest BCUT2D eigenvalue weighted by atomic mass is 16.7. The van der Waals surface area contributed by atoms with Crippen molar-refractivity contribution in [3.63, 3.8) is 0 Å². The van der Waals surface area contributed by atoms with E-state index in [2.05, 4.69) is 17.4 Å². The first-order chi connectivity index (χ1) is 16.0. The molecule has 0 saturated carbocycles. The van der Waals surface area contributed by atoms with E-state index in [1.807, 2.05) is 42.5 Å². The Balaban J connectivity index is 1.72. The number of hydrogen-bond donors (Lipinski definition) is 2. The van der Waals surface area contributed by atoms with Gasteiger partial charge in [0.25, 0.3) is 0 Å². The van der Waals surface area contributed by atoms with Crippen LogP contribution in [-0.2, 0) is 22.6 Å². The monoisotopic (exact) mass is 453 g/mol. The molecular weight excluding hydrogens is 418 g/mol. The minimum Gasteiger partial charge on any atom is -0.445 e. The molecule has 0 radical (unpaired) electrons. The van der Waals surface area contributed by atoms with Gasteiger partial charge in [-0.1, -0.05) is 86.6 Å². The van der Waals surface area contributed by atoms with Crippen LogP contribution >= 0.6 is 0 Å². The molecule has 3 N–H and O–H groups in total. The van der Waals surface area contributed by atoms with Gasteiger partial charge in [0.15, 0.2) is 5.84 Å². The molecule has 0 aliphatic carbocycles. The largest absolute Gasteiger partial charge is 0.445 e. The fraction of sp³-hybridized carbons (Fsp3) is 0.423. The number of rotatable bonds is 13. The third-order valence-electron chi connectivity index (χ3n) is 5.23. The molecular formula is C26H35N3O4. The molecule has 2 aromatic rings. The lowest BCUT2D eigenvalue weighted by atomic mass is 10.0. The molecule has 7 nitrogen and oxygen atoms in total. The van der Waals surface area contributed by atoms with Crippen molar-refractivity contribution in [3.05, 3.63) is 71.3 Å². The molecule has 2 aromatic carbocycles. The maximum absolute atomic E-state index is 12.2.